The van der Waals surface area contributed by atoms with Gasteiger partial charge in [-0.15, -0.1) is 21.5 Å². The highest BCUT2D eigenvalue weighted by Gasteiger charge is 2.08. The third-order valence-electron chi connectivity index (χ3n) is 1.48. The molecule has 0 atom stereocenters. The summed E-state index contributed by atoms with van der Waals surface area (Å²) in [7, 11) is 1.64. The maximum Gasteiger partial charge on any atom is 0.203 e. The van der Waals surface area contributed by atoms with Gasteiger partial charge in [0.25, 0.3) is 0 Å². The van der Waals surface area contributed by atoms with Crippen LogP contribution < -0.4 is 5.73 Å². The Hall–Kier alpha value is -1.05. The van der Waals surface area contributed by atoms with Crippen LogP contribution in [0, 0.1) is 0 Å². The number of hydrogen-bond acceptors (Lipinski definition) is 7. The monoisotopic (exact) mass is 228 g/mol. The van der Waals surface area contributed by atoms with Crippen molar-refractivity contribution < 1.29 is 4.74 Å². The van der Waals surface area contributed by atoms with Gasteiger partial charge in [0, 0.05) is 12.5 Å². The van der Waals surface area contributed by atoms with Gasteiger partial charge in [0.15, 0.2) is 5.01 Å². The summed E-state index contributed by atoms with van der Waals surface area (Å²) in [5.41, 5.74) is 6.29. The van der Waals surface area contributed by atoms with E-state index in [1.807, 2.05) is 5.38 Å². The van der Waals surface area contributed by atoms with Crippen LogP contribution in [0.4, 0.5) is 5.13 Å². The lowest BCUT2D eigenvalue weighted by atomic mass is 10.5. The maximum absolute atomic E-state index is 5.48. The molecule has 0 amide bonds. The molecule has 2 rings (SSSR count). The lowest BCUT2D eigenvalue weighted by Crippen LogP contribution is -1.85. The Morgan fingerprint density at radius 3 is 3.00 bits per heavy atom. The average Bonchev–Trinajstić information content (AvgIpc) is 2.74. The Morgan fingerprint density at radius 1 is 1.50 bits per heavy atom. The van der Waals surface area contributed by atoms with Gasteiger partial charge < -0.3 is 10.5 Å². The molecule has 0 aromatic carbocycles. The summed E-state index contributed by atoms with van der Waals surface area (Å²) in [6.07, 6.45) is 0. The highest BCUT2D eigenvalue weighted by Crippen LogP contribution is 2.25. The topological polar surface area (TPSA) is 73.9 Å². The highest BCUT2D eigenvalue weighted by molar-refractivity contribution is 7.18. The molecule has 0 saturated heterocycles. The quantitative estimate of drug-likeness (QED) is 0.859. The summed E-state index contributed by atoms with van der Waals surface area (Å²) in [6.45, 7) is 0.527. The largest absolute Gasteiger partial charge is 0.378 e. The van der Waals surface area contributed by atoms with Crippen LogP contribution in [0.25, 0.3) is 10.7 Å². The van der Waals surface area contributed by atoms with Gasteiger partial charge in [0.2, 0.25) is 5.13 Å². The third-order valence-corrected chi connectivity index (χ3v) is 3.08. The fourth-order valence-corrected chi connectivity index (χ4v) is 2.33. The molecule has 5 nitrogen and oxygen atoms in total. The summed E-state index contributed by atoms with van der Waals surface area (Å²) in [4.78, 5) is 4.33. The van der Waals surface area contributed by atoms with Crippen molar-refractivity contribution in [3.8, 4) is 10.7 Å². The maximum atomic E-state index is 5.48. The van der Waals surface area contributed by atoms with Gasteiger partial charge in [-0.1, -0.05) is 11.3 Å². The first kappa shape index (κ1) is 9.50. The molecule has 2 aromatic rings. The van der Waals surface area contributed by atoms with E-state index in [0.29, 0.717) is 11.7 Å². The first-order valence-corrected chi connectivity index (χ1v) is 5.52. The SMILES string of the molecule is COCc1nc(-c2nnc(N)s2)cs1. The molecule has 14 heavy (non-hydrogen) atoms. The fourth-order valence-electron chi connectivity index (χ4n) is 0.937. The third kappa shape index (κ3) is 1.89. The first-order valence-electron chi connectivity index (χ1n) is 3.82. The van der Waals surface area contributed by atoms with Crippen molar-refractivity contribution in [2.45, 2.75) is 6.61 Å². The number of aromatic nitrogens is 3. The molecule has 7 heteroatoms. The number of methoxy groups -OCH3 is 1. The molecule has 0 aliphatic carbocycles. The lowest BCUT2D eigenvalue weighted by Gasteiger charge is -1.89. The van der Waals surface area contributed by atoms with Crippen molar-refractivity contribution in [1.82, 2.24) is 15.2 Å². The van der Waals surface area contributed by atoms with Crippen molar-refractivity contribution >= 4 is 27.8 Å². The van der Waals surface area contributed by atoms with Gasteiger partial charge in [-0.3, -0.25) is 0 Å². The minimum Gasteiger partial charge on any atom is -0.378 e. The van der Waals surface area contributed by atoms with Crippen LogP contribution in [0.3, 0.4) is 0 Å². The standard InChI is InChI=1S/C7H8N4OS2/c1-12-2-5-9-4(3-13-5)6-10-11-7(8)14-6/h3H,2H2,1H3,(H2,8,11). The van der Waals surface area contributed by atoms with E-state index >= 15 is 0 Å². The predicted octanol–water partition coefficient (Wildman–Crippen LogP) is 1.39. The van der Waals surface area contributed by atoms with E-state index < -0.39 is 0 Å². The van der Waals surface area contributed by atoms with Crippen molar-refractivity contribution in [2.75, 3.05) is 12.8 Å². The van der Waals surface area contributed by atoms with Crippen LogP contribution in [0.2, 0.25) is 0 Å². The van der Waals surface area contributed by atoms with E-state index in [0.717, 1.165) is 15.7 Å². The predicted molar refractivity (Wildman–Crippen MR) is 56.1 cm³/mol. The Balaban J connectivity index is 2.24. The van der Waals surface area contributed by atoms with Crippen LogP contribution in [0.1, 0.15) is 5.01 Å². The van der Waals surface area contributed by atoms with Gasteiger partial charge in [-0.25, -0.2) is 4.98 Å². The van der Waals surface area contributed by atoms with Crippen LogP contribution in [0.5, 0.6) is 0 Å². The molecule has 0 spiro atoms. The second-order valence-corrected chi connectivity index (χ2v) is 4.46. The Labute approximate surface area is 88.6 Å². The summed E-state index contributed by atoms with van der Waals surface area (Å²) < 4.78 is 4.97. The number of hydrogen-bond donors (Lipinski definition) is 1. The normalized spacial score (nSPS) is 10.6. The first-order chi connectivity index (χ1) is 6.79. The van der Waals surface area contributed by atoms with Gasteiger partial charge in [0.05, 0.1) is 6.61 Å². The van der Waals surface area contributed by atoms with Crippen molar-refractivity contribution in [1.29, 1.82) is 0 Å². The fraction of sp³-hybridized carbons (Fsp3) is 0.286. The molecule has 0 aliphatic heterocycles. The van der Waals surface area contributed by atoms with Gasteiger partial charge in [-0.2, -0.15) is 0 Å². The van der Waals surface area contributed by atoms with Crippen LogP contribution in [-0.4, -0.2) is 22.3 Å². The second-order valence-electron chi connectivity index (χ2n) is 2.50. The van der Waals surface area contributed by atoms with Gasteiger partial charge in [0.1, 0.15) is 10.7 Å². The average molecular weight is 228 g/mol. The van der Waals surface area contributed by atoms with Crippen molar-refractivity contribution in [3.05, 3.63) is 10.4 Å². The van der Waals surface area contributed by atoms with Crippen LogP contribution in [-0.2, 0) is 11.3 Å². The number of anilines is 1. The smallest absolute Gasteiger partial charge is 0.203 e. The van der Waals surface area contributed by atoms with E-state index in [2.05, 4.69) is 15.2 Å². The molecule has 2 heterocycles. The lowest BCUT2D eigenvalue weighted by molar-refractivity contribution is 0.184. The minimum atomic E-state index is 0.460. The zero-order valence-electron chi connectivity index (χ0n) is 7.43. The Morgan fingerprint density at radius 2 is 2.36 bits per heavy atom. The van der Waals surface area contributed by atoms with Crippen molar-refractivity contribution in [2.24, 2.45) is 0 Å². The van der Waals surface area contributed by atoms with E-state index in [-0.39, 0.29) is 0 Å². The molecule has 0 saturated carbocycles. The zero-order chi connectivity index (χ0) is 9.97. The van der Waals surface area contributed by atoms with E-state index in [9.17, 15) is 0 Å². The molecule has 0 bridgehead atoms. The van der Waals surface area contributed by atoms with Crippen LogP contribution >= 0.6 is 22.7 Å². The Bertz CT molecular complexity index is 425. The number of nitrogens with two attached hydrogens (primary N) is 1. The summed E-state index contributed by atoms with van der Waals surface area (Å²) >= 11 is 2.87. The van der Waals surface area contributed by atoms with E-state index in [1.54, 1.807) is 18.4 Å². The molecule has 0 radical (unpaired) electrons. The minimum absolute atomic E-state index is 0.460. The molecular weight excluding hydrogens is 220 g/mol. The Kier molecular flexibility index (Phi) is 2.71. The molecule has 0 fully saturated rings. The van der Waals surface area contributed by atoms with E-state index in [4.69, 9.17) is 10.5 Å². The van der Waals surface area contributed by atoms with Crippen molar-refractivity contribution in [3.63, 3.8) is 0 Å². The second kappa shape index (κ2) is 3.99. The molecular formula is C7H8N4OS2. The molecule has 2 N–H and O–H groups in total. The molecule has 0 unspecified atom stereocenters. The number of rotatable bonds is 3. The van der Waals surface area contributed by atoms with Gasteiger partial charge >= 0.3 is 0 Å². The summed E-state index contributed by atoms with van der Waals surface area (Å²) in [6, 6.07) is 0. The molecule has 74 valence electrons. The summed E-state index contributed by atoms with van der Waals surface area (Å²) in [5, 5.41) is 11.7. The number of nitrogens with zero attached hydrogens (tertiary/aromatic N) is 3. The van der Waals surface area contributed by atoms with Crippen LogP contribution in [0.15, 0.2) is 5.38 Å². The molecule has 2 aromatic heterocycles. The highest BCUT2D eigenvalue weighted by atomic mass is 32.1. The number of thiazole rings is 1. The van der Waals surface area contributed by atoms with E-state index in [1.165, 1.54) is 11.3 Å². The number of ether oxygens (including phenoxy) is 1. The zero-order valence-corrected chi connectivity index (χ0v) is 9.06. The van der Waals surface area contributed by atoms with Gasteiger partial charge in [-0.05, 0) is 0 Å². The summed E-state index contributed by atoms with van der Waals surface area (Å²) in [5.74, 6) is 0. The molecule has 0 aliphatic rings. The number of nitrogen functional groups attached to an aromatic ring is 1.